The average Bonchev–Trinajstić information content (AvgIpc) is 3.07. The zero-order valence-electron chi connectivity index (χ0n) is 27.9. The van der Waals surface area contributed by atoms with Gasteiger partial charge in [-0.3, -0.25) is 0 Å². The van der Waals surface area contributed by atoms with E-state index in [0.717, 1.165) is 39.4 Å². The van der Waals surface area contributed by atoms with E-state index < -0.39 is 11.9 Å². The standard InChI is InChI=1S/C41H46O6/c1-6-7-8-9-30-10-12-31(13-11-30)32-14-15-34-25-35(17-16-33(34)24-32)38-26-37(19-22-47-41(44)29(4)5)39(45-23-20-42)27-36(38)18-21-46-40(43)28(2)3/h10-17,24-27,42H,2,4,6-9,18-23H2,1,3,5H3. The predicted molar refractivity (Wildman–Crippen MR) is 190 cm³/mol. The summed E-state index contributed by atoms with van der Waals surface area (Å²) in [4.78, 5) is 24.1. The summed E-state index contributed by atoms with van der Waals surface area (Å²) in [6.07, 6.45) is 5.67. The number of aliphatic hydroxyl groups excluding tert-OH is 1. The molecule has 246 valence electrons. The van der Waals surface area contributed by atoms with Gasteiger partial charge in [-0.15, -0.1) is 0 Å². The van der Waals surface area contributed by atoms with E-state index in [0.29, 0.717) is 29.7 Å². The number of ether oxygens (including phenoxy) is 3. The molecule has 0 aliphatic heterocycles. The van der Waals surface area contributed by atoms with Crippen LogP contribution in [0.25, 0.3) is 33.0 Å². The molecule has 0 spiro atoms. The molecule has 0 radical (unpaired) electrons. The molecule has 0 unspecified atom stereocenters. The van der Waals surface area contributed by atoms with Crippen LogP contribution in [0.2, 0.25) is 0 Å². The van der Waals surface area contributed by atoms with Crippen molar-refractivity contribution < 1.29 is 28.9 Å². The van der Waals surface area contributed by atoms with Crippen molar-refractivity contribution in [3.05, 3.63) is 114 Å². The van der Waals surface area contributed by atoms with E-state index in [1.165, 1.54) is 36.0 Å². The number of carbonyl (C=O) groups excluding carboxylic acids is 2. The SMILES string of the molecule is C=C(C)C(=O)OCCc1cc(-c2ccc3cc(-c4ccc(CCCCC)cc4)ccc3c2)c(CCOC(=O)C(=C)C)cc1OCCO. The van der Waals surface area contributed by atoms with Gasteiger partial charge in [0.1, 0.15) is 12.4 Å². The summed E-state index contributed by atoms with van der Waals surface area (Å²) in [6.45, 7) is 13.1. The molecule has 0 aliphatic rings. The van der Waals surface area contributed by atoms with Crippen molar-refractivity contribution in [2.75, 3.05) is 26.4 Å². The Hall–Kier alpha value is -4.68. The van der Waals surface area contributed by atoms with Crippen molar-refractivity contribution in [3.8, 4) is 28.0 Å². The number of unbranched alkanes of at least 4 members (excludes halogenated alkanes) is 2. The summed E-state index contributed by atoms with van der Waals surface area (Å²) in [7, 11) is 0. The number of benzene rings is 4. The maximum atomic E-state index is 12.1. The molecule has 4 aromatic rings. The topological polar surface area (TPSA) is 82.1 Å². The molecule has 0 atom stereocenters. The van der Waals surface area contributed by atoms with Gasteiger partial charge >= 0.3 is 11.9 Å². The normalized spacial score (nSPS) is 10.9. The van der Waals surface area contributed by atoms with Crippen LogP contribution in [-0.4, -0.2) is 43.5 Å². The zero-order chi connectivity index (χ0) is 33.8. The first-order chi connectivity index (χ1) is 22.7. The molecule has 47 heavy (non-hydrogen) atoms. The van der Waals surface area contributed by atoms with Crippen molar-refractivity contribution >= 4 is 22.7 Å². The Balaban J connectivity index is 1.67. The molecule has 0 heterocycles. The largest absolute Gasteiger partial charge is 0.491 e. The third kappa shape index (κ3) is 9.90. The molecule has 4 rings (SSSR count). The lowest BCUT2D eigenvalue weighted by atomic mass is 9.92. The first kappa shape index (κ1) is 35.2. The van der Waals surface area contributed by atoms with Crippen LogP contribution in [0.1, 0.15) is 56.7 Å². The number of aryl methyl sites for hydroxylation is 1. The van der Waals surface area contributed by atoms with Gasteiger partial charge in [0.2, 0.25) is 0 Å². The van der Waals surface area contributed by atoms with Crippen LogP contribution in [0.15, 0.2) is 97.1 Å². The highest BCUT2D eigenvalue weighted by atomic mass is 16.5. The summed E-state index contributed by atoms with van der Waals surface area (Å²) in [5.41, 5.74) is 8.12. The van der Waals surface area contributed by atoms with E-state index in [2.05, 4.69) is 80.7 Å². The fraction of sp³-hybridized carbons (Fsp3) is 0.317. The van der Waals surface area contributed by atoms with Crippen LogP contribution in [0.4, 0.5) is 0 Å². The summed E-state index contributed by atoms with van der Waals surface area (Å²) in [6, 6.07) is 25.8. The first-order valence-corrected chi connectivity index (χ1v) is 16.4. The average molecular weight is 635 g/mol. The van der Waals surface area contributed by atoms with Crippen molar-refractivity contribution in [1.82, 2.24) is 0 Å². The fourth-order valence-corrected chi connectivity index (χ4v) is 5.42. The van der Waals surface area contributed by atoms with E-state index in [1.807, 2.05) is 12.1 Å². The fourth-order valence-electron chi connectivity index (χ4n) is 5.42. The Bertz CT molecular complexity index is 1720. The van der Waals surface area contributed by atoms with Gasteiger partial charge in [0.25, 0.3) is 0 Å². The Morgan fingerprint density at radius 2 is 1.23 bits per heavy atom. The van der Waals surface area contributed by atoms with Crippen molar-refractivity contribution in [1.29, 1.82) is 0 Å². The molecular weight excluding hydrogens is 588 g/mol. The Kier molecular flexibility index (Phi) is 12.9. The number of hydrogen-bond donors (Lipinski definition) is 1. The molecule has 0 aliphatic carbocycles. The van der Waals surface area contributed by atoms with Crippen LogP contribution in [0, 0.1) is 0 Å². The summed E-state index contributed by atoms with van der Waals surface area (Å²) >= 11 is 0. The zero-order valence-corrected chi connectivity index (χ0v) is 27.9. The number of fused-ring (bicyclic) bond motifs is 1. The highest BCUT2D eigenvalue weighted by Gasteiger charge is 2.16. The number of carbonyl (C=O) groups is 2. The maximum Gasteiger partial charge on any atom is 0.333 e. The van der Waals surface area contributed by atoms with Crippen molar-refractivity contribution in [3.63, 3.8) is 0 Å². The van der Waals surface area contributed by atoms with Gasteiger partial charge in [-0.05, 0) is 101 Å². The molecule has 0 fully saturated rings. The minimum absolute atomic E-state index is 0.113. The van der Waals surface area contributed by atoms with Gasteiger partial charge in [-0.25, -0.2) is 9.59 Å². The molecule has 1 N–H and O–H groups in total. The number of hydrogen-bond acceptors (Lipinski definition) is 6. The Morgan fingerprint density at radius 3 is 1.83 bits per heavy atom. The van der Waals surface area contributed by atoms with Gasteiger partial charge < -0.3 is 19.3 Å². The molecule has 0 saturated carbocycles. The molecule has 4 aromatic carbocycles. The summed E-state index contributed by atoms with van der Waals surface area (Å²) in [5, 5.41) is 11.7. The van der Waals surface area contributed by atoms with Crippen LogP contribution in [-0.2, 0) is 38.3 Å². The lowest BCUT2D eigenvalue weighted by molar-refractivity contribution is -0.139. The quantitative estimate of drug-likeness (QED) is 0.0712. The number of esters is 2. The second-order valence-corrected chi connectivity index (χ2v) is 12.0. The van der Waals surface area contributed by atoms with E-state index in [1.54, 1.807) is 13.8 Å². The molecule has 0 amide bonds. The predicted octanol–water partition coefficient (Wildman–Crippen LogP) is 8.60. The van der Waals surface area contributed by atoms with Crippen LogP contribution >= 0.6 is 0 Å². The van der Waals surface area contributed by atoms with Gasteiger partial charge in [0.05, 0.1) is 19.8 Å². The second-order valence-electron chi connectivity index (χ2n) is 12.0. The van der Waals surface area contributed by atoms with E-state index in [4.69, 9.17) is 14.2 Å². The van der Waals surface area contributed by atoms with E-state index in [9.17, 15) is 14.7 Å². The number of rotatable bonds is 17. The maximum absolute atomic E-state index is 12.1. The minimum Gasteiger partial charge on any atom is -0.491 e. The molecule has 6 nitrogen and oxygen atoms in total. The Morgan fingerprint density at radius 1 is 0.660 bits per heavy atom. The van der Waals surface area contributed by atoms with Crippen LogP contribution in [0.3, 0.4) is 0 Å². The first-order valence-electron chi connectivity index (χ1n) is 16.4. The molecule has 6 heteroatoms. The van der Waals surface area contributed by atoms with Crippen LogP contribution in [0.5, 0.6) is 5.75 Å². The minimum atomic E-state index is -0.448. The van der Waals surface area contributed by atoms with E-state index in [-0.39, 0.29) is 26.4 Å². The smallest absolute Gasteiger partial charge is 0.333 e. The monoisotopic (exact) mass is 634 g/mol. The van der Waals surface area contributed by atoms with E-state index >= 15 is 0 Å². The molecule has 0 saturated heterocycles. The third-order valence-electron chi connectivity index (χ3n) is 8.05. The van der Waals surface area contributed by atoms with Gasteiger partial charge in [0, 0.05) is 24.0 Å². The number of aliphatic hydroxyl groups is 1. The van der Waals surface area contributed by atoms with Gasteiger partial charge in [-0.2, -0.15) is 0 Å². The Labute approximate surface area is 278 Å². The third-order valence-corrected chi connectivity index (χ3v) is 8.05. The van der Waals surface area contributed by atoms with Crippen molar-refractivity contribution in [2.24, 2.45) is 0 Å². The summed E-state index contributed by atoms with van der Waals surface area (Å²) < 4.78 is 16.7. The van der Waals surface area contributed by atoms with Gasteiger partial charge in [-0.1, -0.05) is 81.5 Å². The molecule has 0 aromatic heterocycles. The van der Waals surface area contributed by atoms with Gasteiger partial charge in [0.15, 0.2) is 0 Å². The molecular formula is C41H46O6. The van der Waals surface area contributed by atoms with Crippen LogP contribution < -0.4 is 4.74 Å². The lowest BCUT2D eigenvalue weighted by Crippen LogP contribution is -2.11. The highest BCUT2D eigenvalue weighted by molar-refractivity contribution is 5.91. The second kappa shape index (κ2) is 17.3. The summed E-state index contributed by atoms with van der Waals surface area (Å²) in [5.74, 6) is -0.306. The molecule has 0 bridgehead atoms. The highest BCUT2D eigenvalue weighted by Crippen LogP contribution is 2.35. The van der Waals surface area contributed by atoms with Crippen molar-refractivity contribution in [2.45, 2.75) is 59.3 Å². The lowest BCUT2D eigenvalue weighted by Gasteiger charge is -2.18.